The number of aromatic nitrogens is 3. The Labute approximate surface area is 182 Å². The molecule has 1 atom stereocenters. The van der Waals surface area contributed by atoms with Crippen LogP contribution in [0, 0.1) is 6.92 Å². The number of nitrogens with one attached hydrogen (secondary N) is 1. The number of esters is 1. The summed E-state index contributed by atoms with van der Waals surface area (Å²) < 4.78 is 6.53. The minimum absolute atomic E-state index is 0.155. The van der Waals surface area contributed by atoms with Gasteiger partial charge in [-0.25, -0.2) is 4.98 Å². The van der Waals surface area contributed by atoms with Gasteiger partial charge in [0.05, 0.1) is 12.3 Å². The van der Waals surface area contributed by atoms with Gasteiger partial charge in [0, 0.05) is 10.9 Å². The van der Waals surface area contributed by atoms with Crippen molar-refractivity contribution in [3.05, 3.63) is 64.4 Å². The lowest BCUT2D eigenvalue weighted by Gasteiger charge is -2.17. The number of benzene rings is 2. The second-order valence-corrected chi connectivity index (χ2v) is 8.15. The molecule has 31 heavy (non-hydrogen) atoms. The summed E-state index contributed by atoms with van der Waals surface area (Å²) in [6, 6.07) is 14.9. The first kappa shape index (κ1) is 20.9. The van der Waals surface area contributed by atoms with Crippen LogP contribution in [0.5, 0.6) is 0 Å². The summed E-state index contributed by atoms with van der Waals surface area (Å²) in [5.41, 5.74) is 2.84. The smallest absolute Gasteiger partial charge is 0.327 e. The van der Waals surface area contributed by atoms with Gasteiger partial charge in [-0.05, 0) is 38.5 Å². The number of carbonyl (C=O) groups is 2. The van der Waals surface area contributed by atoms with Gasteiger partial charge in [-0.1, -0.05) is 48.2 Å². The van der Waals surface area contributed by atoms with Crippen LogP contribution in [0.2, 0.25) is 0 Å². The number of ether oxygens (including phenoxy) is 1. The van der Waals surface area contributed by atoms with Crippen molar-refractivity contribution in [1.82, 2.24) is 14.5 Å². The highest BCUT2D eigenvalue weighted by Crippen LogP contribution is 2.30. The molecule has 0 saturated carbocycles. The molecule has 8 heteroatoms. The van der Waals surface area contributed by atoms with Crippen LogP contribution in [0.4, 0.5) is 0 Å². The van der Waals surface area contributed by atoms with E-state index in [0.717, 1.165) is 28.2 Å². The maximum absolute atomic E-state index is 13.6. The van der Waals surface area contributed by atoms with E-state index in [9.17, 15) is 14.4 Å². The Bertz CT molecular complexity index is 1370. The Balaban J connectivity index is 2.01. The number of hydrogen-bond acceptors (Lipinski definition) is 6. The molecule has 0 radical (unpaired) electrons. The first-order valence-electron chi connectivity index (χ1n) is 9.85. The van der Waals surface area contributed by atoms with Crippen molar-refractivity contribution in [2.45, 2.75) is 31.2 Å². The topological polar surface area (TPSA) is 94.0 Å². The maximum atomic E-state index is 13.6. The molecule has 0 bridgehead atoms. The predicted octanol–water partition coefficient (Wildman–Crippen LogP) is 3.79. The molecule has 4 aromatic rings. The van der Waals surface area contributed by atoms with E-state index in [0.29, 0.717) is 16.7 Å². The number of aromatic amines is 1. The van der Waals surface area contributed by atoms with Crippen molar-refractivity contribution in [3.8, 4) is 5.69 Å². The zero-order chi connectivity index (χ0) is 22.1. The molecule has 2 aromatic carbocycles. The molecule has 0 saturated heterocycles. The van der Waals surface area contributed by atoms with Gasteiger partial charge in [0.2, 0.25) is 0 Å². The number of ketones is 1. The number of fused-ring (bicyclic) bond motifs is 3. The highest BCUT2D eigenvalue weighted by Gasteiger charge is 2.29. The van der Waals surface area contributed by atoms with Gasteiger partial charge in [0.25, 0.3) is 5.56 Å². The number of hydrogen-bond donors (Lipinski definition) is 1. The van der Waals surface area contributed by atoms with E-state index in [1.165, 1.54) is 11.5 Å². The van der Waals surface area contributed by atoms with E-state index < -0.39 is 11.2 Å². The largest absolute Gasteiger partial charge is 0.465 e. The Hall–Kier alpha value is -3.39. The van der Waals surface area contributed by atoms with E-state index in [4.69, 9.17) is 9.72 Å². The van der Waals surface area contributed by atoms with Gasteiger partial charge >= 0.3 is 5.97 Å². The molecule has 1 N–H and O–H groups in total. The second-order valence-electron chi connectivity index (χ2n) is 7.08. The van der Waals surface area contributed by atoms with Gasteiger partial charge in [-0.15, -0.1) is 0 Å². The molecule has 0 aliphatic heterocycles. The Morgan fingerprint density at radius 3 is 2.58 bits per heavy atom. The monoisotopic (exact) mass is 435 g/mol. The highest BCUT2D eigenvalue weighted by atomic mass is 32.2. The third-order valence-electron chi connectivity index (χ3n) is 4.94. The fourth-order valence-corrected chi connectivity index (χ4v) is 4.44. The molecular formula is C23H21N3O4S. The molecule has 0 aliphatic carbocycles. The number of carbonyl (C=O) groups excluding carboxylic acids is 2. The maximum Gasteiger partial charge on any atom is 0.327 e. The molecular weight excluding hydrogens is 414 g/mol. The lowest BCUT2D eigenvalue weighted by Crippen LogP contribution is -2.29. The number of thioether (sulfide) groups is 1. The van der Waals surface area contributed by atoms with Crippen molar-refractivity contribution in [2.75, 3.05) is 6.61 Å². The van der Waals surface area contributed by atoms with Gasteiger partial charge in [-0.2, -0.15) is 0 Å². The zero-order valence-corrected chi connectivity index (χ0v) is 18.2. The number of aryl methyl sites for hydroxylation is 1. The molecule has 7 nitrogen and oxygen atoms in total. The standard InChI is InChI=1S/C23H21N3O4S/c1-4-30-22(29)20(14(3)27)31-23-25-18-15-10-6-7-11-16(15)24-19(18)21(28)26(23)17-12-8-5-9-13(17)2/h5-12,20,24H,4H2,1-3H3. The molecule has 2 aromatic heterocycles. The Morgan fingerprint density at radius 1 is 1.16 bits per heavy atom. The van der Waals surface area contributed by atoms with Gasteiger partial charge in [-0.3, -0.25) is 19.0 Å². The quantitative estimate of drug-likeness (QED) is 0.214. The van der Waals surface area contributed by atoms with Crippen molar-refractivity contribution >= 4 is 45.5 Å². The first-order valence-corrected chi connectivity index (χ1v) is 10.7. The van der Waals surface area contributed by atoms with Gasteiger partial charge in [0.1, 0.15) is 11.0 Å². The SMILES string of the molecule is CCOC(=O)C(Sc1nc2c([nH]c3ccccc32)c(=O)n1-c1ccccc1C)C(C)=O. The molecule has 0 amide bonds. The summed E-state index contributed by atoms with van der Waals surface area (Å²) in [6.45, 7) is 5.05. The summed E-state index contributed by atoms with van der Waals surface area (Å²) in [5.74, 6) is -1.02. The zero-order valence-electron chi connectivity index (χ0n) is 17.3. The number of H-pyrrole nitrogens is 1. The van der Waals surface area contributed by atoms with Crippen LogP contribution in [0.15, 0.2) is 58.5 Å². The molecule has 2 heterocycles. The number of para-hydroxylation sites is 2. The van der Waals surface area contributed by atoms with Crippen molar-refractivity contribution < 1.29 is 14.3 Å². The third-order valence-corrected chi connectivity index (χ3v) is 6.19. The fourth-order valence-electron chi connectivity index (χ4n) is 3.47. The Morgan fingerprint density at radius 2 is 1.87 bits per heavy atom. The first-order chi connectivity index (χ1) is 14.9. The second kappa shape index (κ2) is 8.39. The minimum Gasteiger partial charge on any atom is -0.465 e. The molecule has 0 aliphatic rings. The van der Waals surface area contributed by atoms with Crippen LogP contribution in [0.25, 0.3) is 27.6 Å². The van der Waals surface area contributed by atoms with Gasteiger partial charge < -0.3 is 9.72 Å². The minimum atomic E-state index is -1.12. The molecule has 4 rings (SSSR count). The molecule has 0 spiro atoms. The van der Waals surface area contributed by atoms with Crippen molar-refractivity contribution in [3.63, 3.8) is 0 Å². The van der Waals surface area contributed by atoms with Crippen molar-refractivity contribution in [1.29, 1.82) is 0 Å². The normalized spacial score (nSPS) is 12.2. The summed E-state index contributed by atoms with van der Waals surface area (Å²) in [7, 11) is 0. The summed E-state index contributed by atoms with van der Waals surface area (Å²) >= 11 is 0.930. The fraction of sp³-hybridized carbons (Fsp3) is 0.217. The summed E-state index contributed by atoms with van der Waals surface area (Å²) in [6.07, 6.45) is 0. The molecule has 0 fully saturated rings. The van der Waals surface area contributed by atoms with Crippen LogP contribution < -0.4 is 5.56 Å². The third kappa shape index (κ3) is 3.74. The summed E-state index contributed by atoms with van der Waals surface area (Å²) in [4.78, 5) is 46.2. The number of nitrogens with zero attached hydrogens (tertiary/aromatic N) is 2. The van der Waals surface area contributed by atoms with E-state index in [-0.39, 0.29) is 23.1 Å². The van der Waals surface area contributed by atoms with Crippen LogP contribution in [0.3, 0.4) is 0 Å². The number of rotatable bonds is 6. The van der Waals surface area contributed by atoms with E-state index in [2.05, 4.69) is 4.98 Å². The molecule has 1 unspecified atom stereocenters. The lowest BCUT2D eigenvalue weighted by molar-refractivity contribution is -0.144. The van der Waals surface area contributed by atoms with Gasteiger partial charge in [0.15, 0.2) is 16.2 Å². The average molecular weight is 436 g/mol. The van der Waals surface area contributed by atoms with Crippen LogP contribution >= 0.6 is 11.8 Å². The van der Waals surface area contributed by atoms with Crippen LogP contribution in [0.1, 0.15) is 19.4 Å². The Kier molecular flexibility index (Phi) is 5.65. The van der Waals surface area contributed by atoms with Crippen LogP contribution in [-0.2, 0) is 14.3 Å². The molecule has 158 valence electrons. The highest BCUT2D eigenvalue weighted by molar-refractivity contribution is 8.01. The number of Topliss-reactive ketones (excluding diaryl/α,β-unsaturated/α-hetero) is 1. The predicted molar refractivity (Wildman–Crippen MR) is 121 cm³/mol. The van der Waals surface area contributed by atoms with Crippen molar-refractivity contribution in [2.24, 2.45) is 0 Å². The lowest BCUT2D eigenvalue weighted by atomic mass is 10.2. The average Bonchev–Trinajstić information content (AvgIpc) is 3.12. The van der Waals surface area contributed by atoms with E-state index >= 15 is 0 Å². The van der Waals surface area contributed by atoms with E-state index in [1.807, 2.05) is 55.5 Å². The van der Waals surface area contributed by atoms with E-state index in [1.54, 1.807) is 6.92 Å². The van der Waals surface area contributed by atoms with Crippen LogP contribution in [-0.4, -0.2) is 38.1 Å². The summed E-state index contributed by atoms with van der Waals surface area (Å²) in [5, 5.41) is -0.0709.